The van der Waals surface area contributed by atoms with Crippen LogP contribution in [0.25, 0.3) is 0 Å². The Balaban J connectivity index is 1.49. The summed E-state index contributed by atoms with van der Waals surface area (Å²) in [7, 11) is 1.67. The fourth-order valence-electron chi connectivity index (χ4n) is 2.72. The van der Waals surface area contributed by atoms with E-state index in [1.165, 1.54) is 0 Å². The third-order valence-electron chi connectivity index (χ3n) is 3.96. The molecule has 0 unspecified atom stereocenters. The monoisotopic (exact) mass is 314 g/mol. The predicted molar refractivity (Wildman–Crippen MR) is 87.0 cm³/mol. The molecule has 0 spiro atoms. The number of methoxy groups -OCH3 is 1. The lowest BCUT2D eigenvalue weighted by Gasteiger charge is -2.32. The first-order valence-corrected chi connectivity index (χ1v) is 7.91. The maximum atomic E-state index is 5.97. The van der Waals surface area contributed by atoms with Gasteiger partial charge in [0.15, 0.2) is 0 Å². The molecule has 23 heavy (non-hydrogen) atoms. The average Bonchev–Trinajstić information content (AvgIpc) is 2.62. The predicted octanol–water partition coefficient (Wildman–Crippen LogP) is 2.20. The van der Waals surface area contributed by atoms with Gasteiger partial charge in [0.1, 0.15) is 12.1 Å². The van der Waals surface area contributed by atoms with E-state index in [0.29, 0.717) is 13.2 Å². The highest BCUT2D eigenvalue weighted by atomic mass is 16.5. The van der Waals surface area contributed by atoms with Crippen LogP contribution in [0.15, 0.2) is 36.8 Å². The Morgan fingerprint density at radius 2 is 1.96 bits per heavy atom. The second kappa shape index (κ2) is 7.99. The van der Waals surface area contributed by atoms with Crippen LogP contribution in [0.1, 0.15) is 24.2 Å². The van der Waals surface area contributed by atoms with Gasteiger partial charge in [-0.25, -0.2) is 9.97 Å². The second-order valence-corrected chi connectivity index (χ2v) is 5.62. The molecule has 2 aromatic rings. The van der Waals surface area contributed by atoms with Crippen molar-refractivity contribution in [3.05, 3.63) is 48.2 Å². The van der Waals surface area contributed by atoms with Gasteiger partial charge in [-0.1, -0.05) is 6.07 Å². The molecule has 122 valence electrons. The van der Waals surface area contributed by atoms with Gasteiger partial charge in [-0.2, -0.15) is 0 Å². The molecule has 0 amide bonds. The lowest BCUT2D eigenvalue weighted by atomic mass is 10.1. The van der Waals surface area contributed by atoms with E-state index in [1.54, 1.807) is 19.6 Å². The van der Waals surface area contributed by atoms with E-state index in [-0.39, 0.29) is 6.10 Å². The number of hydrogen-bond acceptors (Lipinski definition) is 6. The molecule has 0 aliphatic carbocycles. The normalized spacial score (nSPS) is 15.8. The molecule has 6 heteroatoms. The summed E-state index contributed by atoms with van der Waals surface area (Å²) in [6.07, 6.45) is 5.68. The van der Waals surface area contributed by atoms with Gasteiger partial charge < -0.3 is 14.4 Å². The van der Waals surface area contributed by atoms with Crippen molar-refractivity contribution in [1.29, 1.82) is 0 Å². The zero-order chi connectivity index (χ0) is 15.9. The van der Waals surface area contributed by atoms with Gasteiger partial charge in [0.2, 0.25) is 0 Å². The van der Waals surface area contributed by atoms with E-state index < -0.39 is 0 Å². The Morgan fingerprint density at radius 3 is 2.70 bits per heavy atom. The molecule has 1 aliphatic rings. The molecule has 0 N–H and O–H groups in total. The fourth-order valence-corrected chi connectivity index (χ4v) is 2.72. The molecule has 3 heterocycles. The summed E-state index contributed by atoms with van der Waals surface area (Å²) < 4.78 is 11.1. The van der Waals surface area contributed by atoms with E-state index in [2.05, 4.69) is 19.9 Å². The molecule has 6 nitrogen and oxygen atoms in total. The third kappa shape index (κ3) is 4.46. The number of rotatable bonds is 6. The van der Waals surface area contributed by atoms with E-state index >= 15 is 0 Å². The van der Waals surface area contributed by atoms with Crippen molar-refractivity contribution in [3.63, 3.8) is 0 Å². The zero-order valence-electron chi connectivity index (χ0n) is 13.4. The van der Waals surface area contributed by atoms with E-state index in [4.69, 9.17) is 9.47 Å². The van der Waals surface area contributed by atoms with Crippen molar-refractivity contribution >= 4 is 5.82 Å². The van der Waals surface area contributed by atoms with Crippen molar-refractivity contribution in [2.75, 3.05) is 25.1 Å². The molecular formula is C17H22N4O2. The summed E-state index contributed by atoms with van der Waals surface area (Å²) in [5, 5.41) is 0. The number of anilines is 1. The standard InChI is InChI=1S/C17H22N4O2/c1-22-11-15-10-17(20-13-19-15)21-8-5-16(6-9-21)23-12-14-4-2-3-7-18-14/h2-4,7,10,13,16H,5-6,8-9,11-12H2,1H3. The minimum atomic E-state index is 0.286. The smallest absolute Gasteiger partial charge is 0.132 e. The third-order valence-corrected chi connectivity index (χ3v) is 3.96. The van der Waals surface area contributed by atoms with Gasteiger partial charge in [-0.15, -0.1) is 0 Å². The van der Waals surface area contributed by atoms with Crippen LogP contribution in [0, 0.1) is 0 Å². The van der Waals surface area contributed by atoms with Crippen LogP contribution in [-0.2, 0) is 22.7 Å². The highest BCUT2D eigenvalue weighted by molar-refractivity contribution is 5.39. The van der Waals surface area contributed by atoms with Gasteiger partial charge in [-0.05, 0) is 25.0 Å². The van der Waals surface area contributed by atoms with Crippen molar-refractivity contribution < 1.29 is 9.47 Å². The molecule has 0 saturated carbocycles. The maximum absolute atomic E-state index is 5.97. The fraction of sp³-hybridized carbons (Fsp3) is 0.471. The van der Waals surface area contributed by atoms with Crippen LogP contribution in [-0.4, -0.2) is 41.3 Å². The molecule has 0 atom stereocenters. The van der Waals surface area contributed by atoms with Crippen LogP contribution >= 0.6 is 0 Å². The highest BCUT2D eigenvalue weighted by Gasteiger charge is 2.21. The molecular weight excluding hydrogens is 292 g/mol. The first-order chi connectivity index (χ1) is 11.3. The van der Waals surface area contributed by atoms with Crippen LogP contribution in [0.2, 0.25) is 0 Å². The van der Waals surface area contributed by atoms with Crippen LogP contribution < -0.4 is 4.90 Å². The second-order valence-electron chi connectivity index (χ2n) is 5.62. The highest BCUT2D eigenvalue weighted by Crippen LogP contribution is 2.20. The van der Waals surface area contributed by atoms with Gasteiger partial charge in [-0.3, -0.25) is 4.98 Å². The lowest BCUT2D eigenvalue weighted by molar-refractivity contribution is 0.0233. The SMILES string of the molecule is COCc1cc(N2CCC(OCc3ccccn3)CC2)ncn1. The zero-order valence-corrected chi connectivity index (χ0v) is 13.4. The van der Waals surface area contributed by atoms with E-state index in [0.717, 1.165) is 43.1 Å². The Morgan fingerprint density at radius 1 is 1.09 bits per heavy atom. The molecule has 1 aliphatic heterocycles. The summed E-state index contributed by atoms with van der Waals surface area (Å²) >= 11 is 0. The van der Waals surface area contributed by atoms with Crippen LogP contribution in [0.5, 0.6) is 0 Å². The molecule has 2 aromatic heterocycles. The summed E-state index contributed by atoms with van der Waals surface area (Å²) in [6, 6.07) is 7.90. The Labute approximate surface area is 136 Å². The van der Waals surface area contributed by atoms with Gasteiger partial charge >= 0.3 is 0 Å². The van der Waals surface area contributed by atoms with Crippen LogP contribution in [0.3, 0.4) is 0 Å². The van der Waals surface area contributed by atoms with Crippen molar-refractivity contribution in [2.45, 2.75) is 32.2 Å². The quantitative estimate of drug-likeness (QED) is 0.814. The van der Waals surface area contributed by atoms with Gasteiger partial charge in [0.25, 0.3) is 0 Å². The van der Waals surface area contributed by atoms with Crippen molar-refractivity contribution in [3.8, 4) is 0 Å². The number of hydrogen-bond donors (Lipinski definition) is 0. The first kappa shape index (κ1) is 15.8. The number of aromatic nitrogens is 3. The Bertz CT molecular complexity index is 601. The van der Waals surface area contributed by atoms with E-state index in [9.17, 15) is 0 Å². The molecule has 1 saturated heterocycles. The number of nitrogens with zero attached hydrogens (tertiary/aromatic N) is 4. The number of pyridine rings is 1. The summed E-state index contributed by atoms with van der Waals surface area (Å²) in [4.78, 5) is 15.1. The topological polar surface area (TPSA) is 60.4 Å². The number of piperidine rings is 1. The van der Waals surface area contributed by atoms with Crippen molar-refractivity contribution in [2.24, 2.45) is 0 Å². The Kier molecular flexibility index (Phi) is 5.50. The minimum absolute atomic E-state index is 0.286. The maximum Gasteiger partial charge on any atom is 0.132 e. The van der Waals surface area contributed by atoms with Crippen molar-refractivity contribution in [1.82, 2.24) is 15.0 Å². The van der Waals surface area contributed by atoms with E-state index in [1.807, 2.05) is 24.3 Å². The summed E-state index contributed by atoms with van der Waals surface area (Å²) in [6.45, 7) is 2.98. The number of ether oxygens (including phenoxy) is 2. The molecule has 0 aromatic carbocycles. The summed E-state index contributed by atoms with van der Waals surface area (Å²) in [5.74, 6) is 0.968. The average molecular weight is 314 g/mol. The van der Waals surface area contributed by atoms with Gasteiger partial charge in [0, 0.05) is 32.5 Å². The lowest BCUT2D eigenvalue weighted by Crippen LogP contribution is -2.37. The molecule has 1 fully saturated rings. The minimum Gasteiger partial charge on any atom is -0.378 e. The largest absolute Gasteiger partial charge is 0.378 e. The van der Waals surface area contributed by atoms with Crippen LogP contribution in [0.4, 0.5) is 5.82 Å². The Hall–Kier alpha value is -2.05. The van der Waals surface area contributed by atoms with Gasteiger partial charge in [0.05, 0.1) is 30.7 Å². The molecule has 3 rings (SSSR count). The summed E-state index contributed by atoms with van der Waals surface area (Å²) in [5.41, 5.74) is 1.89. The molecule has 0 bridgehead atoms. The molecule has 0 radical (unpaired) electrons. The first-order valence-electron chi connectivity index (χ1n) is 7.91.